The molecule has 0 amide bonds. The fraction of sp³-hybridized carbons (Fsp3) is 0.308. The van der Waals surface area contributed by atoms with Crippen molar-refractivity contribution < 1.29 is 0 Å². The first kappa shape index (κ1) is 14.3. The average Bonchev–Trinajstić information content (AvgIpc) is 2.90. The Hall–Kier alpha value is -0.0900. The number of halogens is 3. The van der Waals surface area contributed by atoms with Crippen molar-refractivity contribution in [3.63, 3.8) is 0 Å². The van der Waals surface area contributed by atoms with Crippen molar-refractivity contribution in [2.75, 3.05) is 11.8 Å². The molecule has 0 aliphatic heterocycles. The van der Waals surface area contributed by atoms with Crippen molar-refractivity contribution in [3.05, 3.63) is 50.9 Å². The maximum atomic E-state index is 6.22. The van der Waals surface area contributed by atoms with Crippen LogP contribution in [-0.2, 0) is 11.8 Å². The molecule has 0 aliphatic carbocycles. The van der Waals surface area contributed by atoms with Gasteiger partial charge in [0.15, 0.2) is 0 Å². The molecule has 0 aliphatic rings. The third-order valence-electron chi connectivity index (χ3n) is 2.96. The predicted molar refractivity (Wildman–Crippen MR) is 83.1 cm³/mol. The molecule has 0 spiro atoms. The number of hydrogen-bond acceptors (Lipinski definition) is 2. The van der Waals surface area contributed by atoms with E-state index in [-0.39, 0.29) is 5.41 Å². The quantitative estimate of drug-likeness (QED) is 0.690. The fourth-order valence-corrected chi connectivity index (χ4v) is 3.96. The second kappa shape index (κ2) is 6.38. The Kier molecular flexibility index (Phi) is 5.07. The maximum absolute atomic E-state index is 6.22. The molecular formula is C13H12BrCl2NS. The van der Waals surface area contributed by atoms with Crippen LogP contribution >= 0.6 is 50.5 Å². The van der Waals surface area contributed by atoms with E-state index < -0.39 is 0 Å². The first-order valence-electron chi connectivity index (χ1n) is 5.46. The van der Waals surface area contributed by atoms with Gasteiger partial charge in [0.25, 0.3) is 0 Å². The number of benzene rings is 1. The molecule has 0 unspecified atom stereocenters. The summed E-state index contributed by atoms with van der Waals surface area (Å²) in [6.07, 6.45) is 0.756. The smallest absolute Gasteiger partial charge is 0.0794 e. The van der Waals surface area contributed by atoms with E-state index in [0.717, 1.165) is 22.2 Å². The molecule has 0 fully saturated rings. The van der Waals surface area contributed by atoms with Crippen LogP contribution in [0.4, 0.5) is 0 Å². The number of thiazole rings is 1. The van der Waals surface area contributed by atoms with E-state index in [4.69, 9.17) is 23.2 Å². The van der Waals surface area contributed by atoms with Crippen molar-refractivity contribution in [3.8, 4) is 0 Å². The molecule has 0 bridgehead atoms. The first-order chi connectivity index (χ1) is 8.72. The average molecular weight is 365 g/mol. The molecule has 0 atom stereocenters. The summed E-state index contributed by atoms with van der Waals surface area (Å²) >= 11 is 17.6. The molecule has 1 nitrogen and oxygen atoms in total. The Labute approximate surface area is 129 Å². The van der Waals surface area contributed by atoms with Gasteiger partial charge < -0.3 is 0 Å². The molecular weight excluding hydrogens is 353 g/mol. The van der Waals surface area contributed by atoms with Crippen LogP contribution in [0, 0.1) is 0 Å². The van der Waals surface area contributed by atoms with Crippen LogP contribution < -0.4 is 0 Å². The molecule has 2 rings (SSSR count). The SMILES string of the molecule is ClCC(CCl)(Cc1cscn1)c1ccccc1Br. The van der Waals surface area contributed by atoms with Gasteiger partial charge in [-0.2, -0.15) is 0 Å². The highest BCUT2D eigenvalue weighted by atomic mass is 79.9. The van der Waals surface area contributed by atoms with E-state index in [2.05, 4.69) is 27.0 Å². The summed E-state index contributed by atoms with van der Waals surface area (Å²) in [4.78, 5) is 4.34. The third kappa shape index (κ3) is 2.90. The Morgan fingerprint density at radius 1 is 1.22 bits per heavy atom. The lowest BCUT2D eigenvalue weighted by molar-refractivity contribution is 0.528. The van der Waals surface area contributed by atoms with Crippen LogP contribution in [0.3, 0.4) is 0 Å². The van der Waals surface area contributed by atoms with Gasteiger partial charge in [0.05, 0.1) is 11.2 Å². The van der Waals surface area contributed by atoms with Gasteiger partial charge in [0.1, 0.15) is 0 Å². The lowest BCUT2D eigenvalue weighted by Crippen LogP contribution is -2.33. The molecule has 0 radical (unpaired) electrons. The number of hydrogen-bond donors (Lipinski definition) is 0. The molecule has 96 valence electrons. The standard InChI is InChI=1S/C13H12BrCl2NS/c14-12-4-2-1-3-11(12)13(7-15,8-16)5-10-6-18-9-17-10/h1-4,6,9H,5,7-8H2. The van der Waals surface area contributed by atoms with Crippen LogP contribution in [0.2, 0.25) is 0 Å². The molecule has 0 saturated carbocycles. The van der Waals surface area contributed by atoms with Crippen molar-refractivity contribution >= 4 is 50.5 Å². The maximum Gasteiger partial charge on any atom is 0.0794 e. The second-order valence-corrected chi connectivity index (χ2v) is 6.29. The normalized spacial score (nSPS) is 11.7. The number of aromatic nitrogens is 1. The van der Waals surface area contributed by atoms with Gasteiger partial charge in [-0.05, 0) is 11.6 Å². The first-order valence-corrected chi connectivity index (χ1v) is 8.26. The van der Waals surface area contributed by atoms with Gasteiger partial charge in [-0.25, -0.2) is 4.98 Å². The van der Waals surface area contributed by atoms with Crippen molar-refractivity contribution in [2.24, 2.45) is 0 Å². The largest absolute Gasteiger partial charge is 0.250 e. The van der Waals surface area contributed by atoms with E-state index in [1.54, 1.807) is 11.3 Å². The van der Waals surface area contributed by atoms with Crippen LogP contribution in [0.5, 0.6) is 0 Å². The summed E-state index contributed by atoms with van der Waals surface area (Å²) in [5, 5.41) is 2.05. The summed E-state index contributed by atoms with van der Waals surface area (Å²) in [6.45, 7) is 0. The fourth-order valence-electron chi connectivity index (χ4n) is 1.93. The zero-order valence-corrected chi connectivity index (χ0v) is 13.5. The third-order valence-corrected chi connectivity index (χ3v) is 5.31. The minimum Gasteiger partial charge on any atom is -0.250 e. The van der Waals surface area contributed by atoms with E-state index in [1.807, 2.05) is 29.1 Å². The van der Waals surface area contributed by atoms with Crippen LogP contribution in [0.15, 0.2) is 39.6 Å². The second-order valence-electron chi connectivity index (χ2n) is 4.18. The summed E-state index contributed by atoms with van der Waals surface area (Å²) < 4.78 is 1.04. The minimum absolute atomic E-state index is 0.280. The summed E-state index contributed by atoms with van der Waals surface area (Å²) in [5.74, 6) is 0.938. The number of alkyl halides is 2. The molecule has 5 heteroatoms. The van der Waals surface area contributed by atoms with Gasteiger partial charge in [0.2, 0.25) is 0 Å². The lowest BCUT2D eigenvalue weighted by Gasteiger charge is -2.30. The summed E-state index contributed by atoms with van der Waals surface area (Å²) in [5.41, 5.74) is 3.74. The van der Waals surface area contributed by atoms with Gasteiger partial charge in [-0.1, -0.05) is 34.1 Å². The molecule has 0 saturated heterocycles. The Morgan fingerprint density at radius 2 is 1.94 bits per heavy atom. The number of nitrogens with zero attached hydrogens (tertiary/aromatic N) is 1. The summed E-state index contributed by atoms with van der Waals surface area (Å²) in [7, 11) is 0. The van der Waals surface area contributed by atoms with E-state index in [9.17, 15) is 0 Å². The predicted octanol–water partition coefficient (Wildman–Crippen LogP) is 4.86. The van der Waals surface area contributed by atoms with Crippen LogP contribution in [-0.4, -0.2) is 16.7 Å². The van der Waals surface area contributed by atoms with E-state index >= 15 is 0 Å². The molecule has 1 heterocycles. The van der Waals surface area contributed by atoms with E-state index in [1.165, 1.54) is 0 Å². The van der Waals surface area contributed by atoms with E-state index in [0.29, 0.717) is 11.8 Å². The Morgan fingerprint density at radius 3 is 2.50 bits per heavy atom. The van der Waals surface area contributed by atoms with Gasteiger partial charge in [0, 0.05) is 33.4 Å². The zero-order valence-electron chi connectivity index (χ0n) is 9.57. The molecule has 1 aromatic carbocycles. The van der Waals surface area contributed by atoms with Crippen molar-refractivity contribution in [1.82, 2.24) is 4.98 Å². The Bertz CT molecular complexity index is 497. The topological polar surface area (TPSA) is 12.9 Å². The molecule has 0 N–H and O–H groups in total. The van der Waals surface area contributed by atoms with Crippen LogP contribution in [0.25, 0.3) is 0 Å². The van der Waals surface area contributed by atoms with Gasteiger partial charge in [-0.15, -0.1) is 34.5 Å². The highest BCUT2D eigenvalue weighted by Crippen LogP contribution is 2.36. The molecule has 18 heavy (non-hydrogen) atoms. The number of rotatable bonds is 5. The molecule has 1 aromatic heterocycles. The summed E-state index contributed by atoms with van der Waals surface area (Å²) in [6, 6.07) is 8.09. The van der Waals surface area contributed by atoms with Crippen LogP contribution in [0.1, 0.15) is 11.3 Å². The van der Waals surface area contributed by atoms with Crippen molar-refractivity contribution in [1.29, 1.82) is 0 Å². The van der Waals surface area contributed by atoms with Gasteiger partial charge >= 0.3 is 0 Å². The molecule has 2 aromatic rings. The van der Waals surface area contributed by atoms with Gasteiger partial charge in [-0.3, -0.25) is 0 Å². The lowest BCUT2D eigenvalue weighted by atomic mass is 9.80. The monoisotopic (exact) mass is 363 g/mol. The zero-order chi connectivity index (χ0) is 13.0. The minimum atomic E-state index is -0.280. The highest BCUT2D eigenvalue weighted by molar-refractivity contribution is 9.10. The van der Waals surface area contributed by atoms with Crippen molar-refractivity contribution in [2.45, 2.75) is 11.8 Å². The highest BCUT2D eigenvalue weighted by Gasteiger charge is 2.33. The Balaban J connectivity index is 2.40.